The first-order chi connectivity index (χ1) is 50.0. The van der Waals surface area contributed by atoms with Crippen LogP contribution in [0, 0.1) is 0 Å². The monoisotopic (exact) mass is 1380 g/mol. The Bertz CT molecular complexity index is 5100. The van der Waals surface area contributed by atoms with E-state index < -0.39 is 28.4 Å². The minimum absolute atomic E-state index is 0.0178. The van der Waals surface area contributed by atoms with Crippen molar-refractivity contribution in [1.29, 1.82) is 0 Å². The Kier molecular flexibility index (Phi) is 17.9. The summed E-state index contributed by atoms with van der Waals surface area (Å²) in [6, 6.07) is 67.0. The third kappa shape index (κ3) is 13.8. The number of rotatable bonds is 16. The lowest BCUT2D eigenvalue weighted by Crippen LogP contribution is -2.48. The number of pyridine rings is 3. The molecular weight excluding hydrogens is 1310 g/mol. The van der Waals surface area contributed by atoms with Crippen molar-refractivity contribution in [2.45, 2.75) is 79.8 Å². The van der Waals surface area contributed by atoms with Gasteiger partial charge in [0.15, 0.2) is 11.5 Å². The van der Waals surface area contributed by atoms with Gasteiger partial charge in [0.1, 0.15) is 40.6 Å². The maximum absolute atomic E-state index is 13.5. The number of ether oxygens (including phenoxy) is 4. The quantitative estimate of drug-likeness (QED) is 0.0605. The van der Waals surface area contributed by atoms with Crippen LogP contribution in [-0.4, -0.2) is 97.7 Å². The van der Waals surface area contributed by atoms with E-state index in [9.17, 15) is 32.8 Å². The summed E-state index contributed by atoms with van der Waals surface area (Å²) in [7, 11) is 3.28. The van der Waals surface area contributed by atoms with Crippen LogP contribution in [0.25, 0.3) is 43.6 Å². The van der Waals surface area contributed by atoms with E-state index in [1.54, 1.807) is 44.6 Å². The topological polar surface area (TPSA) is 242 Å². The number of amides is 5. The molecule has 0 radical (unpaired) electrons. The molecule has 17 rings (SSSR count). The number of carbonyl (C=O) groups excluding carboxylic acids is 5. The molecule has 0 atom stereocenters. The number of anilines is 5. The summed E-state index contributed by atoms with van der Waals surface area (Å²) in [6.45, 7) is 3.40. The smallest absolute Gasteiger partial charge is 0.497 e. The molecule has 5 amide bonds. The Morgan fingerprint density at radius 3 is 1.49 bits per heavy atom. The van der Waals surface area contributed by atoms with Crippen LogP contribution in [0.3, 0.4) is 0 Å². The number of fused-ring (bicyclic) bond motifs is 4. The highest BCUT2D eigenvalue weighted by molar-refractivity contribution is 6.07. The van der Waals surface area contributed by atoms with Crippen LogP contribution in [-0.2, 0) is 35.4 Å². The largest absolute Gasteiger partial charge is 0.586 e. The molecule has 5 fully saturated rings. The number of nitrogens with one attached hydrogen (secondary N) is 4. The number of halogens is 2. The van der Waals surface area contributed by atoms with Gasteiger partial charge in [-0.3, -0.25) is 24.0 Å². The van der Waals surface area contributed by atoms with E-state index in [0.29, 0.717) is 71.7 Å². The number of carbonyl (C=O) groups is 5. The fourth-order valence-electron chi connectivity index (χ4n) is 14.3. The maximum atomic E-state index is 13.5. The molecule has 0 spiro atoms. The number of piperazine rings is 1. The van der Waals surface area contributed by atoms with E-state index in [1.807, 2.05) is 126 Å². The fourth-order valence-corrected chi connectivity index (χ4v) is 14.3. The van der Waals surface area contributed by atoms with Crippen molar-refractivity contribution in [1.82, 2.24) is 20.3 Å². The summed E-state index contributed by atoms with van der Waals surface area (Å²) in [5, 5.41) is 17.8. The second kappa shape index (κ2) is 27.5. The number of primary amides is 1. The highest BCUT2D eigenvalue weighted by Gasteiger charge is 2.54. The van der Waals surface area contributed by atoms with Gasteiger partial charge in [-0.15, -0.1) is 8.78 Å². The highest BCUT2D eigenvalue weighted by Crippen LogP contribution is 2.54. The molecule has 3 aromatic heterocycles. The van der Waals surface area contributed by atoms with Crippen molar-refractivity contribution in [3.05, 3.63) is 240 Å². The minimum atomic E-state index is -3.73. The third-order valence-corrected chi connectivity index (χ3v) is 20.5. The molecule has 0 unspecified atom stereocenters. The second-order valence-corrected chi connectivity index (χ2v) is 27.0. The van der Waals surface area contributed by atoms with Gasteiger partial charge in [0, 0.05) is 53.5 Å². The summed E-state index contributed by atoms with van der Waals surface area (Å²) >= 11 is 0. The van der Waals surface area contributed by atoms with Crippen molar-refractivity contribution >= 4 is 90.9 Å². The van der Waals surface area contributed by atoms with Gasteiger partial charge < -0.3 is 55.7 Å². The molecule has 520 valence electrons. The standard InChI is InChI=1S/C31H31N3O2.C27H19F2N3O4.C24H24N4O3/c1-36-26-13-11-25(12-14-26)31(17-18-31)30(35)33-28-21-24-9-5-6-10-27(24)29(32-28)34-19-15-23(16-20-34)22-7-3-2-4-8-22;28-27(29)35-20-9-8-18(14-21(20)36-27)26(10-11-26)25(34)32-22-13-15-4-1-2-7-19(15)23(31-22)16-5-3-6-17(12-16)24(30)33;1-31-18-8-6-17(7-9-18)24(10-11-24)23(30)27-20-14-16-4-2-3-5-19(16)22(26-20)28-13-12-25-21(29)15-28/h2-14,21,23H,15-20H2,1H3,(H,32,33,35);1-9,12-14H,10-11H2,(H2,30,33)(H,31,32,34);2-9,14H,10-13,15H2,1H3,(H,25,29)(H,26,27,30). The van der Waals surface area contributed by atoms with Crippen molar-refractivity contribution in [2.75, 3.05) is 72.7 Å². The van der Waals surface area contributed by atoms with Crippen LogP contribution in [0.15, 0.2) is 212 Å². The molecule has 3 aliphatic carbocycles. The van der Waals surface area contributed by atoms with Crippen LogP contribution >= 0.6 is 0 Å². The number of hydrogen-bond acceptors (Lipinski definition) is 14. The number of alkyl halides is 2. The number of nitrogens with two attached hydrogens (primary N) is 1. The lowest BCUT2D eigenvalue weighted by Gasteiger charge is -2.34. The van der Waals surface area contributed by atoms with E-state index in [0.717, 1.165) is 118 Å². The fraction of sp³-hybridized carbons (Fsp3) is 0.244. The number of piperidine rings is 1. The molecule has 21 heteroatoms. The molecule has 3 saturated carbocycles. The Morgan fingerprint density at radius 2 is 0.971 bits per heavy atom. The van der Waals surface area contributed by atoms with Crippen molar-refractivity contribution in [3.8, 4) is 34.3 Å². The zero-order chi connectivity index (χ0) is 71.0. The van der Waals surface area contributed by atoms with Crippen molar-refractivity contribution in [2.24, 2.45) is 5.73 Å². The third-order valence-electron chi connectivity index (χ3n) is 20.5. The summed E-state index contributed by atoms with van der Waals surface area (Å²) in [6.07, 6.45) is 2.87. The van der Waals surface area contributed by atoms with Gasteiger partial charge in [0.05, 0.1) is 42.7 Å². The molecule has 2 saturated heterocycles. The number of methoxy groups -OCH3 is 2. The first-order valence-corrected chi connectivity index (χ1v) is 34.5. The highest BCUT2D eigenvalue weighted by atomic mass is 19.3. The van der Waals surface area contributed by atoms with Gasteiger partial charge >= 0.3 is 6.29 Å². The lowest BCUT2D eigenvalue weighted by atomic mass is 9.89. The molecule has 6 N–H and O–H groups in total. The average Bonchev–Trinajstić information content (AvgIpc) is 1.62. The normalized spacial score (nSPS) is 16.9. The minimum Gasteiger partial charge on any atom is -0.497 e. The Balaban J connectivity index is 0.000000125. The van der Waals surface area contributed by atoms with Crippen LogP contribution in [0.2, 0.25) is 0 Å². The van der Waals surface area contributed by atoms with E-state index >= 15 is 0 Å². The molecule has 8 aromatic carbocycles. The molecule has 3 aliphatic heterocycles. The van der Waals surface area contributed by atoms with Gasteiger partial charge in [-0.25, -0.2) is 15.0 Å². The molecule has 6 heterocycles. The summed E-state index contributed by atoms with van der Waals surface area (Å²) in [4.78, 5) is 82.6. The molecule has 19 nitrogen and oxygen atoms in total. The zero-order valence-corrected chi connectivity index (χ0v) is 56.7. The lowest BCUT2D eigenvalue weighted by molar-refractivity contribution is -0.286. The molecule has 11 aromatic rings. The molecular formula is C82H74F2N10O9. The van der Waals surface area contributed by atoms with Crippen LogP contribution < -0.4 is 55.7 Å². The van der Waals surface area contributed by atoms with Crippen molar-refractivity contribution < 1.29 is 51.7 Å². The van der Waals surface area contributed by atoms with E-state index in [4.69, 9.17) is 30.2 Å². The Morgan fingerprint density at radius 1 is 0.505 bits per heavy atom. The Hall–Kier alpha value is -12.0. The van der Waals surface area contributed by atoms with Gasteiger partial charge in [-0.2, -0.15) is 0 Å². The Labute approximate surface area is 592 Å². The van der Waals surface area contributed by atoms with Gasteiger partial charge in [0.25, 0.3) is 0 Å². The first-order valence-electron chi connectivity index (χ1n) is 34.5. The summed E-state index contributed by atoms with van der Waals surface area (Å²) < 4.78 is 46.4. The summed E-state index contributed by atoms with van der Waals surface area (Å²) in [5.74, 6) is 4.21. The average molecular weight is 1380 g/mol. The van der Waals surface area contributed by atoms with E-state index in [2.05, 4.69) is 84.2 Å². The molecule has 103 heavy (non-hydrogen) atoms. The molecule has 0 bridgehead atoms. The molecule has 6 aliphatic rings. The number of hydrogen-bond donors (Lipinski definition) is 5. The predicted molar refractivity (Wildman–Crippen MR) is 392 cm³/mol. The van der Waals surface area contributed by atoms with Gasteiger partial charge in [-0.1, -0.05) is 146 Å². The van der Waals surface area contributed by atoms with Gasteiger partial charge in [0.2, 0.25) is 29.5 Å². The number of benzene rings is 8. The SMILES string of the molecule is COc1ccc(C2(C(=O)Nc3cc4ccccc4c(N4CCC(c5ccccc5)CC4)n3)CC2)cc1.COc1ccc(C2(C(=O)Nc3cc4ccccc4c(N4CCNC(=O)C4)n3)CC2)cc1.NC(=O)c1cccc(-c2nc(NC(=O)C3(c4ccc5c(c4)OC(F)(F)O5)CC3)cc3ccccc23)c1. The second-order valence-electron chi connectivity index (χ2n) is 27.0. The first kappa shape index (κ1) is 66.9. The van der Waals surface area contributed by atoms with Crippen LogP contribution in [0.5, 0.6) is 23.0 Å². The predicted octanol–water partition coefficient (Wildman–Crippen LogP) is 14.1. The van der Waals surface area contributed by atoms with E-state index in [-0.39, 0.29) is 41.7 Å². The van der Waals surface area contributed by atoms with Gasteiger partial charge in [-0.05, 0) is 162 Å². The van der Waals surface area contributed by atoms with Crippen LogP contribution in [0.4, 0.5) is 37.9 Å². The summed E-state index contributed by atoms with van der Waals surface area (Å²) in [5.41, 5.74) is 9.18. The number of aromatic nitrogens is 3. The zero-order valence-electron chi connectivity index (χ0n) is 56.7. The van der Waals surface area contributed by atoms with Crippen molar-refractivity contribution in [3.63, 3.8) is 0 Å². The maximum Gasteiger partial charge on any atom is 0.586 e. The van der Waals surface area contributed by atoms with Crippen LogP contribution in [0.1, 0.15) is 89.9 Å². The van der Waals surface area contributed by atoms with E-state index in [1.165, 1.54) is 17.7 Å². The number of nitrogens with zero attached hydrogens (tertiary/aromatic N) is 5.